The number of carbonyl (C=O) groups excluding carboxylic acids is 1. The maximum atomic E-state index is 14.5. The van der Waals surface area contributed by atoms with Gasteiger partial charge < -0.3 is 9.88 Å². The van der Waals surface area contributed by atoms with E-state index in [-0.39, 0.29) is 16.1 Å². The number of halogens is 3. The normalized spacial score (nSPS) is 13.7. The third kappa shape index (κ3) is 3.62. The molecular weight excluding hydrogens is 386 g/mol. The number of carbonyl (C=O) groups is 1. The fourth-order valence-electron chi connectivity index (χ4n) is 3.33. The summed E-state index contributed by atoms with van der Waals surface area (Å²) in [5, 5.41) is 11.2. The lowest BCUT2D eigenvalue weighted by molar-refractivity contribution is 0.102. The Balaban J connectivity index is 1.66. The predicted octanol–water partition coefficient (Wildman–Crippen LogP) is 4.86. The highest BCUT2D eigenvalue weighted by atomic mass is 35.5. The molecule has 1 aliphatic rings. The maximum Gasteiger partial charge on any atom is 0.258 e. The Morgan fingerprint density at radius 1 is 1.04 bits per heavy atom. The van der Waals surface area contributed by atoms with Gasteiger partial charge in [0.25, 0.3) is 5.91 Å². The van der Waals surface area contributed by atoms with Crippen molar-refractivity contribution in [2.45, 2.75) is 32.2 Å². The Morgan fingerprint density at radius 3 is 2.71 bits per heavy atom. The molecule has 2 heterocycles. The Kier molecular flexibility index (Phi) is 5.09. The first-order chi connectivity index (χ1) is 13.5. The third-order valence-electron chi connectivity index (χ3n) is 4.75. The predicted molar refractivity (Wildman–Crippen MR) is 102 cm³/mol. The number of nitrogens with one attached hydrogen (secondary N) is 1. The van der Waals surface area contributed by atoms with Gasteiger partial charge in [-0.15, -0.1) is 10.2 Å². The van der Waals surface area contributed by atoms with Gasteiger partial charge in [-0.05, 0) is 49.2 Å². The molecule has 1 N–H and O–H groups in total. The number of fused-ring (bicyclic) bond motifs is 1. The lowest BCUT2D eigenvalue weighted by atomic mass is 10.1. The zero-order valence-corrected chi connectivity index (χ0v) is 15.6. The van der Waals surface area contributed by atoms with Gasteiger partial charge in [0.05, 0.1) is 11.1 Å². The van der Waals surface area contributed by atoms with E-state index >= 15 is 0 Å². The first-order valence-corrected chi connectivity index (χ1v) is 9.39. The summed E-state index contributed by atoms with van der Waals surface area (Å²) >= 11 is 5.84. The third-order valence-corrected chi connectivity index (χ3v) is 4.98. The molecule has 0 spiro atoms. The quantitative estimate of drug-likeness (QED) is 0.680. The molecule has 3 aromatic rings. The van der Waals surface area contributed by atoms with Gasteiger partial charge in [-0.3, -0.25) is 4.79 Å². The lowest BCUT2D eigenvalue weighted by Gasteiger charge is -2.11. The van der Waals surface area contributed by atoms with E-state index in [1.165, 1.54) is 30.3 Å². The number of anilines is 1. The van der Waals surface area contributed by atoms with Crippen molar-refractivity contribution in [1.82, 2.24) is 14.8 Å². The van der Waals surface area contributed by atoms with E-state index in [2.05, 4.69) is 15.5 Å². The van der Waals surface area contributed by atoms with Crippen molar-refractivity contribution in [2.75, 3.05) is 5.32 Å². The molecule has 0 saturated carbocycles. The van der Waals surface area contributed by atoms with Gasteiger partial charge in [0, 0.05) is 23.7 Å². The summed E-state index contributed by atoms with van der Waals surface area (Å²) in [6, 6.07) is 7.88. The van der Waals surface area contributed by atoms with Crippen LogP contribution in [0.3, 0.4) is 0 Å². The van der Waals surface area contributed by atoms with Crippen LogP contribution in [0.4, 0.5) is 14.5 Å². The molecule has 28 heavy (non-hydrogen) atoms. The fraction of sp³-hybridized carbons (Fsp3) is 0.250. The summed E-state index contributed by atoms with van der Waals surface area (Å²) in [4.78, 5) is 12.4. The number of amides is 1. The molecule has 144 valence electrons. The Bertz CT molecular complexity index is 1050. The van der Waals surface area contributed by atoms with Crippen molar-refractivity contribution in [2.24, 2.45) is 0 Å². The highest BCUT2D eigenvalue weighted by Crippen LogP contribution is 2.28. The standard InChI is InChI=1S/C20H17ClF2N4O/c21-12-5-7-17(23)15(10-12)20(28)24-13-6-8-16(22)14(11-13)19-26-25-18-4-2-1-3-9-27(18)19/h5-8,10-11H,1-4,9H2,(H,24,28). The van der Waals surface area contributed by atoms with Crippen LogP contribution in [0.15, 0.2) is 36.4 Å². The van der Waals surface area contributed by atoms with Crippen molar-refractivity contribution >= 4 is 23.2 Å². The van der Waals surface area contributed by atoms with E-state index in [4.69, 9.17) is 11.6 Å². The van der Waals surface area contributed by atoms with Gasteiger partial charge >= 0.3 is 0 Å². The molecule has 0 aliphatic carbocycles. The van der Waals surface area contributed by atoms with Crippen LogP contribution in [-0.2, 0) is 13.0 Å². The minimum Gasteiger partial charge on any atom is -0.322 e. The molecule has 0 bridgehead atoms. The molecule has 0 fully saturated rings. The van der Waals surface area contributed by atoms with E-state index < -0.39 is 17.5 Å². The van der Waals surface area contributed by atoms with Crippen molar-refractivity contribution in [3.8, 4) is 11.4 Å². The summed E-state index contributed by atoms with van der Waals surface area (Å²) in [7, 11) is 0. The van der Waals surface area contributed by atoms with Crippen LogP contribution >= 0.6 is 11.6 Å². The second-order valence-electron chi connectivity index (χ2n) is 6.68. The second-order valence-corrected chi connectivity index (χ2v) is 7.11. The number of aromatic nitrogens is 3. The number of benzene rings is 2. The highest BCUT2D eigenvalue weighted by molar-refractivity contribution is 6.31. The van der Waals surface area contributed by atoms with Gasteiger partial charge in [0.15, 0.2) is 5.82 Å². The fourth-order valence-corrected chi connectivity index (χ4v) is 3.50. The second kappa shape index (κ2) is 7.67. The molecule has 5 nitrogen and oxygen atoms in total. The molecule has 0 radical (unpaired) electrons. The van der Waals surface area contributed by atoms with Gasteiger partial charge in [0.1, 0.15) is 17.5 Å². The van der Waals surface area contributed by atoms with Gasteiger partial charge in [-0.25, -0.2) is 8.78 Å². The van der Waals surface area contributed by atoms with Crippen molar-refractivity contribution in [3.05, 3.63) is 64.4 Å². The summed E-state index contributed by atoms with van der Waals surface area (Å²) in [5.74, 6) is -0.558. The minimum absolute atomic E-state index is 0.185. The van der Waals surface area contributed by atoms with E-state index in [1.54, 1.807) is 0 Å². The number of hydrogen-bond acceptors (Lipinski definition) is 3. The number of hydrogen-bond donors (Lipinski definition) is 1. The Hall–Kier alpha value is -2.80. The van der Waals surface area contributed by atoms with E-state index in [9.17, 15) is 13.6 Å². The Labute approximate surface area is 165 Å². The molecule has 0 unspecified atom stereocenters. The molecule has 8 heteroatoms. The average Bonchev–Trinajstić information content (AvgIpc) is 2.93. The molecule has 1 amide bonds. The maximum absolute atomic E-state index is 14.5. The zero-order valence-electron chi connectivity index (χ0n) is 14.9. The molecule has 1 aliphatic heterocycles. The molecule has 0 atom stereocenters. The van der Waals surface area contributed by atoms with E-state index in [0.717, 1.165) is 44.1 Å². The van der Waals surface area contributed by atoms with Crippen LogP contribution < -0.4 is 5.32 Å². The SMILES string of the molecule is O=C(Nc1ccc(F)c(-c2nnc3n2CCCCC3)c1)c1cc(Cl)ccc1F. The van der Waals surface area contributed by atoms with Gasteiger partial charge in [0.2, 0.25) is 0 Å². The molecule has 4 rings (SSSR count). The first kappa shape index (κ1) is 18.6. The lowest BCUT2D eigenvalue weighted by Crippen LogP contribution is -2.14. The van der Waals surface area contributed by atoms with Crippen LogP contribution in [0, 0.1) is 11.6 Å². The summed E-state index contributed by atoms with van der Waals surface area (Å²) in [6.45, 7) is 0.724. The van der Waals surface area contributed by atoms with Crippen LogP contribution in [0.1, 0.15) is 35.4 Å². The van der Waals surface area contributed by atoms with Crippen LogP contribution in [0.5, 0.6) is 0 Å². The van der Waals surface area contributed by atoms with Gasteiger partial charge in [-0.1, -0.05) is 18.0 Å². The largest absolute Gasteiger partial charge is 0.322 e. The van der Waals surface area contributed by atoms with Crippen molar-refractivity contribution in [3.63, 3.8) is 0 Å². The number of aryl methyl sites for hydroxylation is 1. The molecule has 2 aromatic carbocycles. The number of rotatable bonds is 3. The van der Waals surface area contributed by atoms with E-state index in [1.807, 2.05) is 4.57 Å². The van der Waals surface area contributed by atoms with Crippen molar-refractivity contribution < 1.29 is 13.6 Å². The summed E-state index contributed by atoms with van der Waals surface area (Å²) in [6.07, 6.45) is 3.90. The minimum atomic E-state index is -0.688. The zero-order chi connectivity index (χ0) is 19.7. The van der Waals surface area contributed by atoms with Gasteiger partial charge in [-0.2, -0.15) is 0 Å². The first-order valence-electron chi connectivity index (χ1n) is 9.01. The number of nitrogens with zero attached hydrogens (tertiary/aromatic N) is 3. The van der Waals surface area contributed by atoms with Crippen LogP contribution in [-0.4, -0.2) is 20.7 Å². The molecule has 0 saturated heterocycles. The smallest absolute Gasteiger partial charge is 0.258 e. The average molecular weight is 403 g/mol. The van der Waals surface area contributed by atoms with Crippen LogP contribution in [0.2, 0.25) is 5.02 Å². The van der Waals surface area contributed by atoms with Crippen molar-refractivity contribution in [1.29, 1.82) is 0 Å². The highest BCUT2D eigenvalue weighted by Gasteiger charge is 2.20. The monoisotopic (exact) mass is 402 g/mol. The summed E-state index contributed by atoms with van der Waals surface area (Å²) in [5.41, 5.74) is 0.381. The topological polar surface area (TPSA) is 59.8 Å². The Morgan fingerprint density at radius 2 is 1.86 bits per heavy atom. The molecular formula is C20H17ClF2N4O. The summed E-state index contributed by atoms with van der Waals surface area (Å²) < 4.78 is 30.4. The van der Waals surface area contributed by atoms with E-state index in [0.29, 0.717) is 11.5 Å². The molecule has 1 aromatic heterocycles. The van der Waals surface area contributed by atoms with Crippen LogP contribution in [0.25, 0.3) is 11.4 Å².